The molecule has 0 spiro atoms. The highest BCUT2D eigenvalue weighted by Gasteiger charge is 2.10. The van der Waals surface area contributed by atoms with E-state index < -0.39 is 10.0 Å². The van der Waals surface area contributed by atoms with Gasteiger partial charge in [-0.15, -0.1) is 11.3 Å². The van der Waals surface area contributed by atoms with Crippen molar-refractivity contribution in [2.24, 2.45) is 5.73 Å². The molecule has 1 aromatic rings. The second kappa shape index (κ2) is 6.34. The van der Waals surface area contributed by atoms with E-state index in [9.17, 15) is 8.42 Å². The summed E-state index contributed by atoms with van der Waals surface area (Å²) >= 11 is 1.57. The lowest BCUT2D eigenvalue weighted by Gasteiger charge is -2.05. The zero-order valence-electron chi connectivity index (χ0n) is 9.40. The number of nitrogens with one attached hydrogen (secondary N) is 1. The molecule has 1 aromatic heterocycles. The Morgan fingerprint density at radius 2 is 2.19 bits per heavy atom. The van der Waals surface area contributed by atoms with E-state index in [1.165, 1.54) is 0 Å². The second-order valence-electron chi connectivity index (χ2n) is 3.66. The maximum absolute atomic E-state index is 11.6. The third-order valence-corrected chi connectivity index (χ3v) is 4.72. The number of hydrogen-bond acceptors (Lipinski definition) is 4. The Balaban J connectivity index is 2.39. The number of hydrogen-bond donors (Lipinski definition) is 2. The van der Waals surface area contributed by atoms with Gasteiger partial charge in [0.05, 0.1) is 5.75 Å². The zero-order valence-corrected chi connectivity index (χ0v) is 11.0. The summed E-state index contributed by atoms with van der Waals surface area (Å²) in [6.45, 7) is 2.92. The van der Waals surface area contributed by atoms with E-state index in [-0.39, 0.29) is 5.75 Å². The molecule has 0 aliphatic rings. The summed E-state index contributed by atoms with van der Waals surface area (Å²) in [4.78, 5) is 1.07. The molecular formula is C10H18N2O2S2. The number of sulfonamides is 1. The Hall–Kier alpha value is -0.430. The summed E-state index contributed by atoms with van der Waals surface area (Å²) in [5, 5.41) is 1.97. The molecule has 0 aliphatic heterocycles. The smallest absolute Gasteiger partial charge is 0.211 e. The summed E-state index contributed by atoms with van der Waals surface area (Å²) < 4.78 is 25.7. The predicted molar refractivity (Wildman–Crippen MR) is 68.0 cm³/mol. The quantitative estimate of drug-likeness (QED) is 0.726. The van der Waals surface area contributed by atoms with Gasteiger partial charge in [0, 0.05) is 11.4 Å². The summed E-state index contributed by atoms with van der Waals surface area (Å²) in [7, 11) is -3.15. The Bertz CT molecular complexity index is 412. The van der Waals surface area contributed by atoms with Crippen molar-refractivity contribution in [2.75, 3.05) is 12.3 Å². The van der Waals surface area contributed by atoms with E-state index in [2.05, 4.69) is 4.72 Å². The van der Waals surface area contributed by atoms with Crippen LogP contribution in [-0.2, 0) is 16.6 Å². The molecule has 0 radical (unpaired) electrons. The van der Waals surface area contributed by atoms with E-state index in [1.807, 2.05) is 18.4 Å². The lowest BCUT2D eigenvalue weighted by atomic mass is 10.3. The molecule has 0 aromatic carbocycles. The molecule has 6 heteroatoms. The van der Waals surface area contributed by atoms with Crippen molar-refractivity contribution in [1.82, 2.24) is 4.72 Å². The first-order chi connectivity index (χ1) is 7.55. The molecule has 0 saturated heterocycles. The van der Waals surface area contributed by atoms with Gasteiger partial charge in [-0.25, -0.2) is 13.1 Å². The summed E-state index contributed by atoms with van der Waals surface area (Å²) in [5.41, 5.74) is 6.45. The first-order valence-electron chi connectivity index (χ1n) is 5.25. The Morgan fingerprint density at radius 1 is 1.44 bits per heavy atom. The van der Waals surface area contributed by atoms with Gasteiger partial charge in [-0.3, -0.25) is 0 Å². The number of thiophene rings is 1. The lowest BCUT2D eigenvalue weighted by Crippen LogP contribution is -2.26. The fraction of sp³-hybridized carbons (Fsp3) is 0.600. The van der Waals surface area contributed by atoms with Crippen molar-refractivity contribution in [3.63, 3.8) is 0 Å². The third-order valence-electron chi connectivity index (χ3n) is 2.29. The SMILES string of the molecule is Cc1ccsc1CNS(=O)(=O)CCCCN. The van der Waals surface area contributed by atoms with Gasteiger partial charge in [0.25, 0.3) is 0 Å². The summed E-state index contributed by atoms with van der Waals surface area (Å²) in [6, 6.07) is 1.99. The maximum Gasteiger partial charge on any atom is 0.211 e. The normalized spacial score (nSPS) is 11.9. The molecule has 0 bridgehead atoms. The van der Waals surface area contributed by atoms with Crippen LogP contribution in [0.15, 0.2) is 11.4 Å². The third kappa shape index (κ3) is 4.61. The molecule has 16 heavy (non-hydrogen) atoms. The van der Waals surface area contributed by atoms with E-state index in [0.29, 0.717) is 19.5 Å². The van der Waals surface area contributed by atoms with Gasteiger partial charge in [0.15, 0.2) is 0 Å². The van der Waals surface area contributed by atoms with E-state index in [1.54, 1.807) is 11.3 Å². The Morgan fingerprint density at radius 3 is 2.75 bits per heavy atom. The van der Waals surface area contributed by atoms with E-state index in [4.69, 9.17) is 5.73 Å². The highest BCUT2D eigenvalue weighted by atomic mass is 32.2. The average Bonchev–Trinajstić information content (AvgIpc) is 2.62. The Kier molecular flexibility index (Phi) is 5.40. The van der Waals surface area contributed by atoms with Crippen LogP contribution >= 0.6 is 11.3 Å². The summed E-state index contributed by atoms with van der Waals surface area (Å²) in [5.74, 6) is 0.161. The molecule has 1 heterocycles. The molecule has 0 atom stereocenters. The Labute approximate surface area is 101 Å². The standard InChI is InChI=1S/C10H18N2O2S2/c1-9-4-6-15-10(9)8-12-16(13,14)7-3-2-5-11/h4,6,12H,2-3,5,7-8,11H2,1H3. The fourth-order valence-electron chi connectivity index (χ4n) is 1.27. The number of rotatable bonds is 7. The predicted octanol–water partition coefficient (Wildman–Crippen LogP) is 1.21. The molecule has 0 unspecified atom stereocenters. The molecule has 92 valence electrons. The molecule has 0 amide bonds. The van der Waals surface area contributed by atoms with Crippen LogP contribution in [-0.4, -0.2) is 20.7 Å². The number of aryl methyl sites for hydroxylation is 1. The van der Waals surface area contributed by atoms with Crippen LogP contribution in [0.5, 0.6) is 0 Å². The average molecular weight is 262 g/mol. The number of nitrogens with two attached hydrogens (primary N) is 1. The zero-order chi connectivity index (χ0) is 12.0. The van der Waals surface area contributed by atoms with Crippen molar-refractivity contribution in [3.8, 4) is 0 Å². The molecule has 0 aliphatic carbocycles. The van der Waals surface area contributed by atoms with Gasteiger partial charge < -0.3 is 5.73 Å². The number of unbranched alkanes of at least 4 members (excludes halogenated alkanes) is 1. The van der Waals surface area contributed by atoms with Crippen molar-refractivity contribution < 1.29 is 8.42 Å². The maximum atomic E-state index is 11.6. The molecule has 0 saturated carbocycles. The minimum atomic E-state index is -3.15. The van der Waals surface area contributed by atoms with Crippen molar-refractivity contribution in [1.29, 1.82) is 0 Å². The topological polar surface area (TPSA) is 72.2 Å². The minimum absolute atomic E-state index is 0.161. The van der Waals surface area contributed by atoms with Gasteiger partial charge in [-0.2, -0.15) is 0 Å². The van der Waals surface area contributed by atoms with Gasteiger partial charge in [-0.1, -0.05) is 0 Å². The molecule has 3 N–H and O–H groups in total. The largest absolute Gasteiger partial charge is 0.330 e. The molecule has 4 nitrogen and oxygen atoms in total. The van der Waals surface area contributed by atoms with Gasteiger partial charge >= 0.3 is 0 Å². The molecule has 0 fully saturated rings. The van der Waals surface area contributed by atoms with E-state index in [0.717, 1.165) is 16.9 Å². The van der Waals surface area contributed by atoms with Crippen molar-refractivity contribution in [2.45, 2.75) is 26.3 Å². The first kappa shape index (κ1) is 13.6. The lowest BCUT2D eigenvalue weighted by molar-refractivity contribution is 0.577. The van der Waals surface area contributed by atoms with Crippen LogP contribution in [0.1, 0.15) is 23.3 Å². The van der Waals surface area contributed by atoms with Crippen molar-refractivity contribution in [3.05, 3.63) is 21.9 Å². The first-order valence-corrected chi connectivity index (χ1v) is 7.79. The van der Waals surface area contributed by atoms with E-state index >= 15 is 0 Å². The summed E-state index contributed by atoms with van der Waals surface area (Å²) in [6.07, 6.45) is 1.37. The van der Waals surface area contributed by atoms with Crippen LogP contribution in [0.4, 0.5) is 0 Å². The van der Waals surface area contributed by atoms with Crippen LogP contribution < -0.4 is 10.5 Å². The van der Waals surface area contributed by atoms with Crippen LogP contribution in [0, 0.1) is 6.92 Å². The van der Waals surface area contributed by atoms with Crippen LogP contribution in [0.3, 0.4) is 0 Å². The monoisotopic (exact) mass is 262 g/mol. The second-order valence-corrected chi connectivity index (χ2v) is 6.59. The highest BCUT2D eigenvalue weighted by molar-refractivity contribution is 7.89. The van der Waals surface area contributed by atoms with Gasteiger partial charge in [-0.05, 0) is 43.3 Å². The van der Waals surface area contributed by atoms with Crippen LogP contribution in [0.2, 0.25) is 0 Å². The highest BCUT2D eigenvalue weighted by Crippen LogP contribution is 2.15. The molecular weight excluding hydrogens is 244 g/mol. The van der Waals surface area contributed by atoms with Gasteiger partial charge in [0.2, 0.25) is 10.0 Å². The molecule has 1 rings (SSSR count). The van der Waals surface area contributed by atoms with Crippen molar-refractivity contribution >= 4 is 21.4 Å². The van der Waals surface area contributed by atoms with Gasteiger partial charge in [0.1, 0.15) is 0 Å². The van der Waals surface area contributed by atoms with Crippen LogP contribution in [0.25, 0.3) is 0 Å². The minimum Gasteiger partial charge on any atom is -0.330 e. The fourth-order valence-corrected chi connectivity index (χ4v) is 3.30.